The lowest BCUT2D eigenvalue weighted by Gasteiger charge is -2.29. The van der Waals surface area contributed by atoms with Gasteiger partial charge in [0.2, 0.25) is 5.91 Å². The lowest BCUT2D eigenvalue weighted by Crippen LogP contribution is -2.36. The van der Waals surface area contributed by atoms with Crippen molar-refractivity contribution in [2.45, 2.75) is 19.4 Å². The fourth-order valence-electron chi connectivity index (χ4n) is 2.72. The van der Waals surface area contributed by atoms with E-state index in [0.29, 0.717) is 24.3 Å². The molecule has 3 rings (SSSR count). The molecular formula is C17H17FN2O. The van der Waals surface area contributed by atoms with Gasteiger partial charge in [-0.05, 0) is 47.4 Å². The van der Waals surface area contributed by atoms with E-state index >= 15 is 0 Å². The van der Waals surface area contributed by atoms with Crippen LogP contribution in [-0.4, -0.2) is 17.4 Å². The second-order valence-corrected chi connectivity index (χ2v) is 5.40. The first kappa shape index (κ1) is 13.6. The van der Waals surface area contributed by atoms with Gasteiger partial charge in [0.25, 0.3) is 0 Å². The van der Waals surface area contributed by atoms with E-state index in [1.807, 2.05) is 23.1 Å². The van der Waals surface area contributed by atoms with Gasteiger partial charge in [0, 0.05) is 18.8 Å². The number of nitrogen functional groups attached to an aromatic ring is 1. The van der Waals surface area contributed by atoms with E-state index in [2.05, 4.69) is 0 Å². The Labute approximate surface area is 123 Å². The third kappa shape index (κ3) is 3.05. The van der Waals surface area contributed by atoms with Crippen molar-refractivity contribution in [1.82, 2.24) is 4.90 Å². The van der Waals surface area contributed by atoms with Gasteiger partial charge in [-0.1, -0.05) is 18.2 Å². The number of fused-ring (bicyclic) bond motifs is 1. The molecule has 2 aromatic rings. The second kappa shape index (κ2) is 5.56. The van der Waals surface area contributed by atoms with Crippen LogP contribution in [0.3, 0.4) is 0 Å². The molecule has 0 aromatic heterocycles. The molecule has 0 saturated heterocycles. The van der Waals surface area contributed by atoms with Gasteiger partial charge in [-0.25, -0.2) is 4.39 Å². The summed E-state index contributed by atoms with van der Waals surface area (Å²) in [7, 11) is 0. The van der Waals surface area contributed by atoms with Crippen molar-refractivity contribution < 1.29 is 9.18 Å². The molecule has 21 heavy (non-hydrogen) atoms. The van der Waals surface area contributed by atoms with Gasteiger partial charge in [0.05, 0.1) is 6.42 Å². The molecule has 0 fully saturated rings. The predicted octanol–water partition coefficient (Wildman–Crippen LogP) is 2.54. The summed E-state index contributed by atoms with van der Waals surface area (Å²) in [5.41, 5.74) is 9.58. The van der Waals surface area contributed by atoms with Crippen molar-refractivity contribution in [1.29, 1.82) is 0 Å². The van der Waals surface area contributed by atoms with Crippen molar-refractivity contribution in [3.05, 3.63) is 65.0 Å². The topological polar surface area (TPSA) is 46.3 Å². The van der Waals surface area contributed by atoms with Crippen LogP contribution >= 0.6 is 0 Å². The zero-order valence-electron chi connectivity index (χ0n) is 11.7. The summed E-state index contributed by atoms with van der Waals surface area (Å²) in [6.45, 7) is 1.28. The zero-order valence-corrected chi connectivity index (χ0v) is 11.7. The van der Waals surface area contributed by atoms with Gasteiger partial charge in [-0.15, -0.1) is 0 Å². The van der Waals surface area contributed by atoms with Crippen LogP contribution in [0, 0.1) is 5.82 Å². The van der Waals surface area contributed by atoms with Crippen molar-refractivity contribution in [2.24, 2.45) is 0 Å². The predicted molar refractivity (Wildman–Crippen MR) is 80.1 cm³/mol. The summed E-state index contributed by atoms with van der Waals surface area (Å²) >= 11 is 0. The van der Waals surface area contributed by atoms with E-state index in [4.69, 9.17) is 5.73 Å². The molecule has 0 saturated carbocycles. The van der Waals surface area contributed by atoms with Crippen LogP contribution in [-0.2, 0) is 24.2 Å². The number of carbonyl (C=O) groups excluding carboxylic acids is 1. The molecule has 1 aliphatic rings. The molecule has 1 amide bonds. The average Bonchev–Trinajstić information content (AvgIpc) is 2.46. The Kier molecular flexibility index (Phi) is 3.60. The van der Waals surface area contributed by atoms with E-state index in [1.54, 1.807) is 12.1 Å². The van der Waals surface area contributed by atoms with E-state index in [-0.39, 0.29) is 18.1 Å². The Bertz CT molecular complexity index is 684. The quantitative estimate of drug-likeness (QED) is 0.861. The number of rotatable bonds is 2. The molecule has 0 atom stereocenters. The normalized spacial score (nSPS) is 13.9. The maximum absolute atomic E-state index is 13.2. The molecule has 1 heterocycles. The smallest absolute Gasteiger partial charge is 0.227 e. The fourth-order valence-corrected chi connectivity index (χ4v) is 2.72. The molecule has 0 radical (unpaired) electrons. The van der Waals surface area contributed by atoms with Crippen molar-refractivity contribution in [3.8, 4) is 0 Å². The Hall–Kier alpha value is -2.36. The van der Waals surface area contributed by atoms with Crippen LogP contribution in [0.2, 0.25) is 0 Å². The Morgan fingerprint density at radius 1 is 1.19 bits per heavy atom. The number of halogens is 1. The highest BCUT2D eigenvalue weighted by Gasteiger charge is 2.20. The van der Waals surface area contributed by atoms with Crippen molar-refractivity contribution >= 4 is 11.6 Å². The third-order valence-corrected chi connectivity index (χ3v) is 3.84. The minimum atomic E-state index is -0.308. The van der Waals surface area contributed by atoms with Gasteiger partial charge in [-0.2, -0.15) is 0 Å². The lowest BCUT2D eigenvalue weighted by atomic mass is 9.98. The van der Waals surface area contributed by atoms with E-state index in [9.17, 15) is 9.18 Å². The highest BCUT2D eigenvalue weighted by atomic mass is 19.1. The minimum Gasteiger partial charge on any atom is -0.399 e. The Morgan fingerprint density at radius 3 is 2.86 bits per heavy atom. The number of benzene rings is 2. The Balaban J connectivity index is 1.72. The minimum absolute atomic E-state index is 0.0219. The highest BCUT2D eigenvalue weighted by Crippen LogP contribution is 2.22. The summed E-state index contributed by atoms with van der Waals surface area (Å²) in [6, 6.07) is 12.0. The number of nitrogens with two attached hydrogens (primary N) is 1. The average molecular weight is 284 g/mol. The number of hydrogen-bond donors (Lipinski definition) is 1. The third-order valence-electron chi connectivity index (χ3n) is 3.84. The van der Waals surface area contributed by atoms with Gasteiger partial charge < -0.3 is 10.6 Å². The summed E-state index contributed by atoms with van der Waals surface area (Å²) in [5, 5.41) is 0. The van der Waals surface area contributed by atoms with Gasteiger partial charge in [0.1, 0.15) is 5.82 Å². The molecule has 2 N–H and O–H groups in total. The van der Waals surface area contributed by atoms with Crippen LogP contribution in [0.15, 0.2) is 42.5 Å². The van der Waals surface area contributed by atoms with Crippen LogP contribution in [0.25, 0.3) is 0 Å². The van der Waals surface area contributed by atoms with Crippen LogP contribution < -0.4 is 5.73 Å². The molecule has 0 unspecified atom stereocenters. The summed E-state index contributed by atoms with van der Waals surface area (Å²) in [4.78, 5) is 14.2. The number of hydrogen-bond acceptors (Lipinski definition) is 2. The molecule has 0 aliphatic carbocycles. The van der Waals surface area contributed by atoms with E-state index in [0.717, 1.165) is 12.0 Å². The van der Waals surface area contributed by atoms with E-state index < -0.39 is 0 Å². The first-order chi connectivity index (χ1) is 10.1. The molecule has 108 valence electrons. The molecule has 3 nitrogen and oxygen atoms in total. The van der Waals surface area contributed by atoms with Gasteiger partial charge in [0.15, 0.2) is 0 Å². The highest BCUT2D eigenvalue weighted by molar-refractivity contribution is 5.79. The first-order valence-corrected chi connectivity index (χ1v) is 7.01. The Morgan fingerprint density at radius 2 is 2.05 bits per heavy atom. The number of amides is 1. The number of nitrogens with zero attached hydrogens (tertiary/aromatic N) is 1. The van der Waals surface area contributed by atoms with Crippen molar-refractivity contribution in [3.63, 3.8) is 0 Å². The summed E-state index contributed by atoms with van der Waals surface area (Å²) < 4.78 is 13.2. The summed E-state index contributed by atoms with van der Waals surface area (Å²) in [6.07, 6.45) is 1.07. The summed E-state index contributed by atoms with van der Waals surface area (Å²) in [5.74, 6) is -0.286. The van der Waals surface area contributed by atoms with E-state index in [1.165, 1.54) is 17.7 Å². The molecule has 0 bridgehead atoms. The van der Waals surface area contributed by atoms with Gasteiger partial charge >= 0.3 is 0 Å². The SMILES string of the molecule is Nc1ccc2c(c1)CN(C(=O)Cc1cccc(F)c1)CC2. The molecule has 4 heteroatoms. The number of anilines is 1. The monoisotopic (exact) mass is 284 g/mol. The van der Waals surface area contributed by atoms with Crippen LogP contribution in [0.5, 0.6) is 0 Å². The molecule has 0 spiro atoms. The zero-order chi connectivity index (χ0) is 14.8. The maximum atomic E-state index is 13.2. The van der Waals surface area contributed by atoms with Gasteiger partial charge in [-0.3, -0.25) is 4.79 Å². The van der Waals surface area contributed by atoms with Crippen LogP contribution in [0.4, 0.5) is 10.1 Å². The second-order valence-electron chi connectivity index (χ2n) is 5.40. The fraction of sp³-hybridized carbons (Fsp3) is 0.235. The maximum Gasteiger partial charge on any atom is 0.227 e. The standard InChI is InChI=1S/C17H17FN2O/c18-15-3-1-2-12(8-15)9-17(21)20-7-6-13-4-5-16(19)10-14(13)11-20/h1-5,8,10H,6-7,9,11,19H2. The molecule has 1 aliphatic heterocycles. The molecule has 2 aromatic carbocycles. The number of carbonyl (C=O) groups is 1. The largest absolute Gasteiger partial charge is 0.399 e. The molecular weight excluding hydrogens is 267 g/mol. The van der Waals surface area contributed by atoms with Crippen molar-refractivity contribution in [2.75, 3.05) is 12.3 Å². The first-order valence-electron chi connectivity index (χ1n) is 7.01. The lowest BCUT2D eigenvalue weighted by molar-refractivity contribution is -0.131. The van der Waals surface area contributed by atoms with Crippen LogP contribution in [0.1, 0.15) is 16.7 Å².